The summed E-state index contributed by atoms with van der Waals surface area (Å²) in [6.45, 7) is 3.92. The number of carbonyl (C=O) groups excluding carboxylic acids is 1. The highest BCUT2D eigenvalue weighted by Gasteiger charge is 2.43. The van der Waals surface area contributed by atoms with Crippen LogP contribution in [0.4, 0.5) is 0 Å². The topological polar surface area (TPSA) is 76.7 Å². The van der Waals surface area contributed by atoms with Crippen LogP contribution in [-0.2, 0) is 4.74 Å². The van der Waals surface area contributed by atoms with E-state index < -0.39 is 0 Å². The molecule has 1 amide bonds. The predicted octanol–water partition coefficient (Wildman–Crippen LogP) is 5.25. The lowest BCUT2D eigenvalue weighted by Crippen LogP contribution is -2.36. The molecule has 2 aromatic carbocycles. The quantitative estimate of drug-likeness (QED) is 0.475. The van der Waals surface area contributed by atoms with E-state index in [4.69, 9.17) is 25.8 Å². The van der Waals surface area contributed by atoms with Gasteiger partial charge in [-0.3, -0.25) is 9.89 Å². The number of fused-ring (bicyclic) bond motifs is 1. The van der Waals surface area contributed by atoms with Crippen molar-refractivity contribution in [3.8, 4) is 22.8 Å². The van der Waals surface area contributed by atoms with Crippen molar-refractivity contribution in [1.82, 2.24) is 15.1 Å². The lowest BCUT2D eigenvalue weighted by Gasteiger charge is -2.29. The molecule has 0 bridgehead atoms. The molecule has 178 valence electrons. The van der Waals surface area contributed by atoms with Crippen LogP contribution in [0.2, 0.25) is 5.02 Å². The minimum atomic E-state index is -0.328. The second-order valence-electron chi connectivity index (χ2n) is 8.62. The van der Waals surface area contributed by atoms with Crippen molar-refractivity contribution in [1.29, 1.82) is 0 Å². The van der Waals surface area contributed by atoms with Crippen molar-refractivity contribution in [2.45, 2.75) is 38.3 Å². The molecule has 5 rings (SSSR count). The Bertz CT molecular complexity index is 1170. The Morgan fingerprint density at radius 2 is 2.03 bits per heavy atom. The summed E-state index contributed by atoms with van der Waals surface area (Å²) in [5.41, 5.74) is 3.94. The third-order valence-electron chi connectivity index (χ3n) is 6.37. The van der Waals surface area contributed by atoms with Crippen LogP contribution in [0.25, 0.3) is 11.3 Å². The molecule has 1 aromatic heterocycles. The lowest BCUT2D eigenvalue weighted by molar-refractivity contribution is 0.0495. The van der Waals surface area contributed by atoms with Crippen LogP contribution in [-0.4, -0.2) is 54.0 Å². The number of amides is 1. The Morgan fingerprint density at radius 3 is 2.74 bits per heavy atom. The number of benzene rings is 2. The van der Waals surface area contributed by atoms with Crippen LogP contribution in [0, 0.1) is 0 Å². The number of H-pyrrole nitrogens is 1. The maximum atomic E-state index is 13.6. The second-order valence-corrected chi connectivity index (χ2v) is 9.06. The summed E-state index contributed by atoms with van der Waals surface area (Å²) in [5.74, 6) is 1.25. The first kappa shape index (κ1) is 22.7. The van der Waals surface area contributed by atoms with Crippen LogP contribution in [0.5, 0.6) is 11.5 Å². The first-order valence-corrected chi connectivity index (χ1v) is 12.1. The van der Waals surface area contributed by atoms with E-state index in [0.717, 1.165) is 48.3 Å². The number of halogens is 1. The van der Waals surface area contributed by atoms with Gasteiger partial charge < -0.3 is 19.1 Å². The Kier molecular flexibility index (Phi) is 6.48. The molecule has 3 aromatic rings. The van der Waals surface area contributed by atoms with Gasteiger partial charge in [0.1, 0.15) is 5.69 Å². The molecule has 8 heteroatoms. The van der Waals surface area contributed by atoms with Crippen molar-refractivity contribution in [3.63, 3.8) is 0 Å². The van der Waals surface area contributed by atoms with Crippen molar-refractivity contribution in [2.75, 3.05) is 26.9 Å². The largest absolute Gasteiger partial charge is 0.493 e. The highest BCUT2D eigenvalue weighted by molar-refractivity contribution is 6.30. The molecule has 7 nitrogen and oxygen atoms in total. The lowest BCUT2D eigenvalue weighted by atomic mass is 9.95. The van der Waals surface area contributed by atoms with Crippen LogP contribution in [0.15, 0.2) is 42.5 Å². The fraction of sp³-hybridized carbons (Fsp3) is 0.385. The SMILES string of the molecule is CCCOc1ccc(C2c3c(-c4ccc(Cl)cc4)n[nH]c3C(=O)N2CC2CCCO2)cc1OC. The summed E-state index contributed by atoms with van der Waals surface area (Å²) in [5, 5.41) is 8.18. The third kappa shape index (κ3) is 4.14. The fourth-order valence-electron chi connectivity index (χ4n) is 4.75. The molecule has 3 heterocycles. The zero-order valence-corrected chi connectivity index (χ0v) is 20.1. The van der Waals surface area contributed by atoms with Gasteiger partial charge >= 0.3 is 0 Å². The standard InChI is InChI=1S/C26H28ClN3O4/c1-3-12-34-20-11-8-17(14-21(20)32-2)25-22-23(16-6-9-18(27)10-7-16)28-29-24(22)26(31)30(25)15-19-5-4-13-33-19/h6-11,14,19,25H,3-5,12-13,15H2,1-2H3,(H,28,29). The Hall–Kier alpha value is -3.03. The molecule has 0 aliphatic carbocycles. The number of aromatic nitrogens is 2. The average molecular weight is 482 g/mol. The van der Waals surface area contributed by atoms with Gasteiger partial charge in [-0.1, -0.05) is 36.7 Å². The zero-order valence-electron chi connectivity index (χ0n) is 19.3. The summed E-state index contributed by atoms with van der Waals surface area (Å²) in [6.07, 6.45) is 2.88. The molecule has 2 aliphatic rings. The fourth-order valence-corrected chi connectivity index (χ4v) is 4.88. The van der Waals surface area contributed by atoms with E-state index in [2.05, 4.69) is 17.1 Å². The monoisotopic (exact) mass is 481 g/mol. The van der Waals surface area contributed by atoms with E-state index >= 15 is 0 Å². The molecular weight excluding hydrogens is 454 g/mol. The van der Waals surface area contributed by atoms with Crippen molar-refractivity contribution < 1.29 is 19.0 Å². The van der Waals surface area contributed by atoms with Gasteiger partial charge in [0.05, 0.1) is 31.6 Å². The van der Waals surface area contributed by atoms with Gasteiger partial charge in [0.2, 0.25) is 0 Å². The van der Waals surface area contributed by atoms with Gasteiger partial charge in [0.15, 0.2) is 11.5 Å². The first-order chi connectivity index (χ1) is 16.6. The van der Waals surface area contributed by atoms with E-state index in [1.54, 1.807) is 7.11 Å². The predicted molar refractivity (Wildman–Crippen MR) is 130 cm³/mol. The maximum absolute atomic E-state index is 13.6. The number of carbonyl (C=O) groups is 1. The Labute approximate surface area is 204 Å². The van der Waals surface area contributed by atoms with Gasteiger partial charge in [0, 0.05) is 29.3 Å². The normalized spacial score (nSPS) is 19.5. The molecule has 34 heavy (non-hydrogen) atoms. The first-order valence-electron chi connectivity index (χ1n) is 11.7. The molecule has 2 atom stereocenters. The second kappa shape index (κ2) is 9.68. The Morgan fingerprint density at radius 1 is 1.21 bits per heavy atom. The number of aromatic amines is 1. The van der Waals surface area contributed by atoms with Crippen LogP contribution in [0.1, 0.15) is 53.8 Å². The number of methoxy groups -OCH3 is 1. The van der Waals surface area contributed by atoms with Crippen LogP contribution < -0.4 is 9.47 Å². The average Bonchev–Trinajstić information content (AvgIpc) is 3.58. The number of nitrogens with one attached hydrogen (secondary N) is 1. The maximum Gasteiger partial charge on any atom is 0.273 e. The van der Waals surface area contributed by atoms with E-state index in [-0.39, 0.29) is 18.1 Å². The van der Waals surface area contributed by atoms with E-state index in [9.17, 15) is 4.79 Å². The number of ether oxygens (including phenoxy) is 3. The van der Waals surface area contributed by atoms with Crippen LogP contribution >= 0.6 is 11.6 Å². The highest BCUT2D eigenvalue weighted by Crippen LogP contribution is 2.45. The summed E-state index contributed by atoms with van der Waals surface area (Å²) in [7, 11) is 1.63. The van der Waals surface area contributed by atoms with E-state index in [1.807, 2.05) is 47.4 Å². The molecule has 1 saturated heterocycles. The van der Waals surface area contributed by atoms with Gasteiger partial charge in [-0.2, -0.15) is 5.10 Å². The van der Waals surface area contributed by atoms with E-state index in [0.29, 0.717) is 35.4 Å². The molecule has 2 aliphatic heterocycles. The van der Waals surface area contributed by atoms with Gasteiger partial charge in [0.25, 0.3) is 5.91 Å². The smallest absolute Gasteiger partial charge is 0.273 e. The summed E-state index contributed by atoms with van der Waals surface area (Å²) in [4.78, 5) is 15.4. The molecular formula is C26H28ClN3O4. The zero-order chi connectivity index (χ0) is 23.7. The number of rotatable bonds is 8. The molecule has 1 N–H and O–H groups in total. The minimum Gasteiger partial charge on any atom is -0.493 e. The third-order valence-corrected chi connectivity index (χ3v) is 6.62. The van der Waals surface area contributed by atoms with Gasteiger partial charge in [-0.15, -0.1) is 0 Å². The summed E-state index contributed by atoms with van der Waals surface area (Å²) in [6, 6.07) is 13.1. The summed E-state index contributed by atoms with van der Waals surface area (Å²) >= 11 is 6.11. The van der Waals surface area contributed by atoms with Crippen molar-refractivity contribution in [2.24, 2.45) is 0 Å². The van der Waals surface area contributed by atoms with Crippen molar-refractivity contribution >= 4 is 17.5 Å². The molecule has 0 spiro atoms. The van der Waals surface area contributed by atoms with Crippen LogP contribution in [0.3, 0.4) is 0 Å². The summed E-state index contributed by atoms with van der Waals surface area (Å²) < 4.78 is 17.4. The number of hydrogen-bond acceptors (Lipinski definition) is 5. The van der Waals surface area contributed by atoms with Gasteiger partial charge in [-0.05, 0) is 49.1 Å². The molecule has 0 saturated carbocycles. The molecule has 2 unspecified atom stereocenters. The van der Waals surface area contributed by atoms with E-state index in [1.165, 1.54) is 0 Å². The Balaban J connectivity index is 1.59. The number of nitrogens with zero attached hydrogens (tertiary/aromatic N) is 2. The molecule has 1 fully saturated rings. The minimum absolute atomic E-state index is 0.0245. The van der Waals surface area contributed by atoms with Crippen molar-refractivity contribution in [3.05, 3.63) is 64.3 Å². The number of hydrogen-bond donors (Lipinski definition) is 1. The highest BCUT2D eigenvalue weighted by atomic mass is 35.5. The molecule has 0 radical (unpaired) electrons. The van der Waals surface area contributed by atoms with Gasteiger partial charge in [-0.25, -0.2) is 0 Å².